The molecule has 0 unspecified atom stereocenters. The summed E-state index contributed by atoms with van der Waals surface area (Å²) in [6.45, 7) is 5.09. The first-order chi connectivity index (χ1) is 9.58. The highest BCUT2D eigenvalue weighted by molar-refractivity contribution is 6.42. The molecule has 0 bridgehead atoms. The number of carbonyl (C=O) groups excluding carboxylic acids is 1. The summed E-state index contributed by atoms with van der Waals surface area (Å²) in [6.07, 6.45) is -0.708. The standard InChI is InChI=1S/C14H17Cl2NO4/c1-14(2,3)21-13(20)17-11(12(18)19)7-8-4-5-9(15)10(16)6-8/h4-6,11H,7H2,1-3H3,(H,17,20)(H,18,19)/t11-/m1/s1. The second kappa shape index (κ2) is 7.00. The average Bonchev–Trinajstić information content (AvgIpc) is 2.30. The van der Waals surface area contributed by atoms with Gasteiger partial charge in [0.2, 0.25) is 0 Å². The van der Waals surface area contributed by atoms with Crippen LogP contribution >= 0.6 is 23.2 Å². The van der Waals surface area contributed by atoms with Crippen molar-refractivity contribution in [2.75, 3.05) is 0 Å². The Labute approximate surface area is 133 Å². The summed E-state index contributed by atoms with van der Waals surface area (Å²) in [7, 11) is 0. The molecule has 21 heavy (non-hydrogen) atoms. The van der Waals surface area contributed by atoms with Crippen molar-refractivity contribution in [1.82, 2.24) is 5.32 Å². The van der Waals surface area contributed by atoms with Crippen molar-refractivity contribution in [2.45, 2.75) is 38.8 Å². The number of nitrogens with one attached hydrogen (secondary N) is 1. The van der Waals surface area contributed by atoms with Crippen molar-refractivity contribution >= 4 is 35.3 Å². The first-order valence-electron chi connectivity index (χ1n) is 6.25. The molecule has 5 nitrogen and oxygen atoms in total. The molecule has 1 atom stereocenters. The van der Waals surface area contributed by atoms with Gasteiger partial charge in [0.1, 0.15) is 11.6 Å². The highest BCUT2D eigenvalue weighted by Gasteiger charge is 2.24. The largest absolute Gasteiger partial charge is 0.480 e. The Balaban J connectivity index is 2.76. The molecule has 0 aliphatic rings. The maximum atomic E-state index is 11.6. The minimum Gasteiger partial charge on any atom is -0.480 e. The fourth-order valence-electron chi connectivity index (χ4n) is 1.55. The fraction of sp³-hybridized carbons (Fsp3) is 0.429. The van der Waals surface area contributed by atoms with Gasteiger partial charge in [-0.05, 0) is 38.5 Å². The monoisotopic (exact) mass is 333 g/mol. The fourth-order valence-corrected chi connectivity index (χ4v) is 1.87. The zero-order valence-corrected chi connectivity index (χ0v) is 13.5. The van der Waals surface area contributed by atoms with Crippen molar-refractivity contribution < 1.29 is 19.4 Å². The van der Waals surface area contributed by atoms with Gasteiger partial charge in [0.25, 0.3) is 0 Å². The summed E-state index contributed by atoms with van der Waals surface area (Å²) in [5.41, 5.74) is -0.0515. The molecule has 0 aromatic heterocycles. The van der Waals surface area contributed by atoms with Crippen molar-refractivity contribution in [3.63, 3.8) is 0 Å². The van der Waals surface area contributed by atoms with Gasteiger partial charge < -0.3 is 15.2 Å². The van der Waals surface area contributed by atoms with E-state index < -0.39 is 23.7 Å². The van der Waals surface area contributed by atoms with Crippen LogP contribution in [0.3, 0.4) is 0 Å². The van der Waals surface area contributed by atoms with Crippen LogP contribution in [0, 0.1) is 0 Å². The number of carboxylic acids is 1. The smallest absolute Gasteiger partial charge is 0.408 e. The van der Waals surface area contributed by atoms with E-state index in [0.717, 1.165) is 0 Å². The Morgan fingerprint density at radius 1 is 1.29 bits per heavy atom. The lowest BCUT2D eigenvalue weighted by molar-refractivity contribution is -0.139. The highest BCUT2D eigenvalue weighted by atomic mass is 35.5. The molecule has 0 heterocycles. The molecular weight excluding hydrogens is 317 g/mol. The number of aliphatic carboxylic acids is 1. The molecule has 1 rings (SSSR count). The molecule has 1 aromatic rings. The van der Waals surface area contributed by atoms with Crippen LogP contribution in [0.5, 0.6) is 0 Å². The number of amides is 1. The Morgan fingerprint density at radius 2 is 1.90 bits per heavy atom. The lowest BCUT2D eigenvalue weighted by atomic mass is 10.1. The van der Waals surface area contributed by atoms with Gasteiger partial charge in [-0.15, -0.1) is 0 Å². The predicted octanol–water partition coefficient (Wildman–Crippen LogP) is 3.51. The van der Waals surface area contributed by atoms with E-state index in [1.807, 2.05) is 0 Å². The third-order valence-corrected chi connectivity index (χ3v) is 3.15. The van der Waals surface area contributed by atoms with Gasteiger partial charge in [-0.1, -0.05) is 29.3 Å². The number of alkyl carbamates (subject to hydrolysis) is 1. The third kappa shape index (κ3) is 6.23. The van der Waals surface area contributed by atoms with E-state index in [1.165, 1.54) is 0 Å². The number of carbonyl (C=O) groups is 2. The normalized spacial score (nSPS) is 12.6. The van der Waals surface area contributed by atoms with E-state index in [0.29, 0.717) is 15.6 Å². The van der Waals surface area contributed by atoms with E-state index in [1.54, 1.807) is 39.0 Å². The molecule has 1 aromatic carbocycles. The van der Waals surface area contributed by atoms with Crippen LogP contribution in [0.4, 0.5) is 4.79 Å². The first kappa shape index (κ1) is 17.6. The van der Waals surface area contributed by atoms with Crippen molar-refractivity contribution in [2.24, 2.45) is 0 Å². The topological polar surface area (TPSA) is 75.6 Å². The van der Waals surface area contributed by atoms with Crippen molar-refractivity contribution in [3.05, 3.63) is 33.8 Å². The van der Waals surface area contributed by atoms with Crippen LogP contribution in [0.25, 0.3) is 0 Å². The molecule has 0 fully saturated rings. The van der Waals surface area contributed by atoms with Gasteiger partial charge in [-0.2, -0.15) is 0 Å². The molecule has 0 radical (unpaired) electrons. The van der Waals surface area contributed by atoms with Gasteiger partial charge in [0.05, 0.1) is 10.0 Å². The van der Waals surface area contributed by atoms with E-state index in [-0.39, 0.29) is 6.42 Å². The minimum atomic E-state index is -1.16. The van der Waals surface area contributed by atoms with E-state index in [4.69, 9.17) is 27.9 Å². The molecule has 7 heteroatoms. The van der Waals surface area contributed by atoms with Crippen molar-refractivity contribution in [3.8, 4) is 0 Å². The lowest BCUT2D eigenvalue weighted by Gasteiger charge is -2.22. The SMILES string of the molecule is CC(C)(C)OC(=O)N[C@H](Cc1ccc(Cl)c(Cl)c1)C(=O)O. The Kier molecular flexibility index (Phi) is 5.87. The molecule has 2 N–H and O–H groups in total. The summed E-state index contributed by atoms with van der Waals surface area (Å²) >= 11 is 11.7. The molecular formula is C14H17Cl2NO4. The predicted molar refractivity (Wildman–Crippen MR) is 81.0 cm³/mol. The second-order valence-corrected chi connectivity index (χ2v) is 6.30. The van der Waals surface area contributed by atoms with Gasteiger partial charge >= 0.3 is 12.1 Å². The molecule has 0 spiro atoms. The molecule has 116 valence electrons. The highest BCUT2D eigenvalue weighted by Crippen LogP contribution is 2.23. The maximum Gasteiger partial charge on any atom is 0.408 e. The number of carboxylic acid groups (broad SMARTS) is 1. The van der Waals surface area contributed by atoms with Gasteiger partial charge in [0.15, 0.2) is 0 Å². The molecule has 1 amide bonds. The van der Waals surface area contributed by atoms with Crippen molar-refractivity contribution in [1.29, 1.82) is 0 Å². The molecule has 0 aliphatic carbocycles. The number of benzene rings is 1. The quantitative estimate of drug-likeness (QED) is 0.883. The average molecular weight is 334 g/mol. The van der Waals surface area contributed by atoms with E-state index in [9.17, 15) is 14.7 Å². The minimum absolute atomic E-state index is 0.0749. The third-order valence-electron chi connectivity index (χ3n) is 2.41. The summed E-state index contributed by atoms with van der Waals surface area (Å²) in [4.78, 5) is 22.9. The number of rotatable bonds is 4. The summed E-state index contributed by atoms with van der Waals surface area (Å²) in [5, 5.41) is 12.2. The van der Waals surface area contributed by atoms with Crippen LogP contribution in [0.1, 0.15) is 26.3 Å². The molecule has 0 saturated carbocycles. The van der Waals surface area contributed by atoms with Crippen LogP contribution in [0.15, 0.2) is 18.2 Å². The molecule has 0 aliphatic heterocycles. The van der Waals surface area contributed by atoms with Crippen LogP contribution in [0.2, 0.25) is 10.0 Å². The molecule has 0 saturated heterocycles. The van der Waals surface area contributed by atoms with E-state index in [2.05, 4.69) is 5.32 Å². The van der Waals surface area contributed by atoms with E-state index >= 15 is 0 Å². The van der Waals surface area contributed by atoms with Gasteiger partial charge in [-0.3, -0.25) is 0 Å². The zero-order chi connectivity index (χ0) is 16.2. The van der Waals surface area contributed by atoms with Crippen LogP contribution in [-0.4, -0.2) is 28.8 Å². The van der Waals surface area contributed by atoms with Crippen LogP contribution in [-0.2, 0) is 16.0 Å². The maximum absolute atomic E-state index is 11.6. The second-order valence-electron chi connectivity index (χ2n) is 5.49. The summed E-state index contributed by atoms with van der Waals surface area (Å²) < 4.78 is 5.04. The summed E-state index contributed by atoms with van der Waals surface area (Å²) in [5.74, 6) is -1.16. The first-order valence-corrected chi connectivity index (χ1v) is 7.00. The van der Waals surface area contributed by atoms with Crippen LogP contribution < -0.4 is 5.32 Å². The number of hydrogen-bond acceptors (Lipinski definition) is 3. The number of ether oxygens (including phenoxy) is 1. The number of halogens is 2. The zero-order valence-electron chi connectivity index (χ0n) is 11.9. The van der Waals surface area contributed by atoms with Gasteiger partial charge in [-0.25, -0.2) is 9.59 Å². The Hall–Kier alpha value is -1.46. The Bertz CT molecular complexity index is 540. The lowest BCUT2D eigenvalue weighted by Crippen LogP contribution is -2.44. The Morgan fingerprint density at radius 3 is 2.38 bits per heavy atom. The van der Waals surface area contributed by atoms with Gasteiger partial charge in [0, 0.05) is 6.42 Å². The summed E-state index contributed by atoms with van der Waals surface area (Å²) in [6, 6.07) is 3.68. The number of hydrogen-bond donors (Lipinski definition) is 2.